The van der Waals surface area contributed by atoms with Crippen molar-refractivity contribution in [3.63, 3.8) is 0 Å². The van der Waals surface area contributed by atoms with E-state index in [1.165, 1.54) is 0 Å². The Labute approximate surface area is 161 Å². The maximum Gasteiger partial charge on any atom is 0.248 e. The maximum atomic E-state index is 6.03. The average Bonchev–Trinajstić information content (AvgIpc) is 3.00. The molecule has 0 aliphatic heterocycles. The van der Waals surface area contributed by atoms with Crippen LogP contribution in [0.5, 0.6) is 0 Å². The number of anilines is 2. The molecule has 2 N–H and O–H groups in total. The fraction of sp³-hybridized carbons (Fsp3) is 0.118. The van der Waals surface area contributed by atoms with Crippen molar-refractivity contribution >= 4 is 52.2 Å². The van der Waals surface area contributed by atoms with Crippen molar-refractivity contribution < 1.29 is 0 Å². The first-order chi connectivity index (χ1) is 12.0. The average molecular weight is 392 g/mol. The summed E-state index contributed by atoms with van der Waals surface area (Å²) in [6.07, 6.45) is 1.63. The Balaban J connectivity index is 1.62. The second kappa shape index (κ2) is 7.82. The van der Waals surface area contributed by atoms with E-state index in [2.05, 4.69) is 20.7 Å². The minimum atomic E-state index is 0.422. The zero-order chi connectivity index (χ0) is 17.8. The first kappa shape index (κ1) is 17.7. The molecule has 3 rings (SSSR count). The smallest absolute Gasteiger partial charge is 0.248 e. The van der Waals surface area contributed by atoms with Crippen LogP contribution in [0.15, 0.2) is 48.8 Å². The van der Waals surface area contributed by atoms with Gasteiger partial charge in [0.05, 0.1) is 16.6 Å². The van der Waals surface area contributed by atoms with Crippen LogP contribution in [0.3, 0.4) is 0 Å². The Kier molecular flexibility index (Phi) is 5.53. The molecule has 0 saturated carbocycles. The Hall–Kier alpha value is -2.15. The van der Waals surface area contributed by atoms with E-state index in [0.717, 1.165) is 16.8 Å². The van der Waals surface area contributed by atoms with Gasteiger partial charge in [-0.25, -0.2) is 9.67 Å². The van der Waals surface area contributed by atoms with E-state index in [4.69, 9.17) is 35.4 Å². The predicted molar refractivity (Wildman–Crippen MR) is 107 cm³/mol. The molecule has 0 amide bonds. The molecular weight excluding hydrogens is 377 g/mol. The number of nitrogens with one attached hydrogen (secondary N) is 2. The summed E-state index contributed by atoms with van der Waals surface area (Å²) in [4.78, 5) is 4.21. The number of hydrogen-bond donors (Lipinski definition) is 2. The number of benzene rings is 2. The Bertz CT molecular complexity index is 910. The largest absolute Gasteiger partial charge is 0.332 e. The van der Waals surface area contributed by atoms with Gasteiger partial charge in [-0.15, -0.1) is 5.10 Å². The molecule has 0 bridgehead atoms. The van der Waals surface area contributed by atoms with Crippen molar-refractivity contribution in [2.24, 2.45) is 0 Å². The summed E-state index contributed by atoms with van der Waals surface area (Å²) >= 11 is 17.3. The van der Waals surface area contributed by atoms with Crippen LogP contribution in [-0.4, -0.2) is 19.9 Å². The summed E-state index contributed by atoms with van der Waals surface area (Å²) in [5, 5.41) is 11.9. The number of para-hydroxylation sites is 1. The molecule has 1 aromatic heterocycles. The van der Waals surface area contributed by atoms with E-state index in [1.807, 2.05) is 43.3 Å². The second-order valence-corrected chi connectivity index (χ2v) is 6.63. The zero-order valence-electron chi connectivity index (χ0n) is 13.3. The third-order valence-electron chi connectivity index (χ3n) is 3.48. The van der Waals surface area contributed by atoms with Gasteiger partial charge in [-0.05, 0) is 48.5 Å². The van der Waals surface area contributed by atoms with Crippen LogP contribution in [0.1, 0.15) is 11.1 Å². The lowest BCUT2D eigenvalue weighted by Gasteiger charge is -2.10. The second-order valence-electron chi connectivity index (χ2n) is 5.41. The molecule has 1 heterocycles. The van der Waals surface area contributed by atoms with Crippen LogP contribution in [0, 0.1) is 6.92 Å². The van der Waals surface area contributed by atoms with E-state index in [1.54, 1.807) is 17.1 Å². The van der Waals surface area contributed by atoms with Crippen LogP contribution in [0.2, 0.25) is 10.0 Å². The summed E-state index contributed by atoms with van der Waals surface area (Å²) in [5.74, 6) is 0.422. The minimum absolute atomic E-state index is 0.422. The van der Waals surface area contributed by atoms with Crippen molar-refractivity contribution in [1.29, 1.82) is 0 Å². The fourth-order valence-corrected chi connectivity index (χ4v) is 2.74. The predicted octanol–water partition coefficient (Wildman–Crippen LogP) is 4.75. The number of halogens is 2. The SMILES string of the molecule is Cc1ccccc1NC(=S)Nc1ncn(Cc2ccc(Cl)c(Cl)c2)n1. The highest BCUT2D eigenvalue weighted by molar-refractivity contribution is 7.80. The van der Waals surface area contributed by atoms with Gasteiger partial charge in [-0.3, -0.25) is 5.32 Å². The number of thiocarbonyl (C=S) groups is 1. The van der Waals surface area contributed by atoms with Crippen LogP contribution in [-0.2, 0) is 6.54 Å². The fourth-order valence-electron chi connectivity index (χ4n) is 2.22. The number of nitrogens with zero attached hydrogens (tertiary/aromatic N) is 3. The molecule has 0 atom stereocenters. The molecular formula is C17H15Cl2N5S. The molecule has 2 aromatic carbocycles. The van der Waals surface area contributed by atoms with Crippen LogP contribution < -0.4 is 10.6 Å². The molecule has 0 radical (unpaired) electrons. The molecule has 0 unspecified atom stereocenters. The lowest BCUT2D eigenvalue weighted by molar-refractivity contribution is 0.687. The third kappa shape index (κ3) is 4.69. The van der Waals surface area contributed by atoms with Gasteiger partial charge in [0.25, 0.3) is 0 Å². The van der Waals surface area contributed by atoms with Crippen LogP contribution >= 0.6 is 35.4 Å². The third-order valence-corrected chi connectivity index (χ3v) is 4.43. The summed E-state index contributed by atoms with van der Waals surface area (Å²) in [5.41, 5.74) is 3.02. The number of rotatable bonds is 4. The van der Waals surface area contributed by atoms with Crippen LogP contribution in [0.4, 0.5) is 11.6 Å². The van der Waals surface area contributed by atoms with Gasteiger partial charge in [-0.1, -0.05) is 47.5 Å². The van der Waals surface area contributed by atoms with E-state index in [0.29, 0.717) is 27.7 Å². The quantitative estimate of drug-likeness (QED) is 0.628. The molecule has 25 heavy (non-hydrogen) atoms. The van der Waals surface area contributed by atoms with Gasteiger partial charge in [0.1, 0.15) is 6.33 Å². The van der Waals surface area contributed by atoms with Gasteiger partial charge in [0, 0.05) is 5.69 Å². The van der Waals surface area contributed by atoms with Gasteiger partial charge in [0.15, 0.2) is 5.11 Å². The molecule has 8 heteroatoms. The topological polar surface area (TPSA) is 54.8 Å². The normalized spacial score (nSPS) is 10.5. The molecule has 0 saturated heterocycles. The summed E-state index contributed by atoms with van der Waals surface area (Å²) < 4.78 is 1.69. The lowest BCUT2D eigenvalue weighted by Crippen LogP contribution is -2.20. The number of aromatic nitrogens is 3. The van der Waals surface area contributed by atoms with Crippen molar-refractivity contribution in [3.8, 4) is 0 Å². The van der Waals surface area contributed by atoms with Gasteiger partial charge >= 0.3 is 0 Å². The summed E-state index contributed by atoms with van der Waals surface area (Å²) in [6, 6.07) is 13.4. The number of hydrogen-bond acceptors (Lipinski definition) is 3. The maximum absolute atomic E-state index is 6.03. The number of aryl methyl sites for hydroxylation is 1. The lowest BCUT2D eigenvalue weighted by atomic mass is 10.2. The first-order valence-electron chi connectivity index (χ1n) is 7.48. The van der Waals surface area contributed by atoms with Crippen molar-refractivity contribution in [1.82, 2.24) is 14.8 Å². The highest BCUT2D eigenvalue weighted by atomic mass is 35.5. The molecule has 3 aromatic rings. The summed E-state index contributed by atoms with van der Waals surface area (Å²) in [7, 11) is 0. The minimum Gasteiger partial charge on any atom is -0.332 e. The monoisotopic (exact) mass is 391 g/mol. The van der Waals surface area contributed by atoms with Crippen molar-refractivity contribution in [2.45, 2.75) is 13.5 Å². The first-order valence-corrected chi connectivity index (χ1v) is 8.65. The highest BCUT2D eigenvalue weighted by Crippen LogP contribution is 2.23. The molecule has 0 fully saturated rings. The van der Waals surface area contributed by atoms with Crippen LogP contribution in [0.25, 0.3) is 0 Å². The van der Waals surface area contributed by atoms with Gasteiger partial charge in [0.2, 0.25) is 5.95 Å². The highest BCUT2D eigenvalue weighted by Gasteiger charge is 2.06. The van der Waals surface area contributed by atoms with E-state index >= 15 is 0 Å². The van der Waals surface area contributed by atoms with Crippen molar-refractivity contribution in [3.05, 3.63) is 70.0 Å². The van der Waals surface area contributed by atoms with Crippen molar-refractivity contribution in [2.75, 3.05) is 10.6 Å². The van der Waals surface area contributed by atoms with Gasteiger partial charge in [-0.2, -0.15) is 0 Å². The summed E-state index contributed by atoms with van der Waals surface area (Å²) in [6.45, 7) is 2.54. The molecule has 0 aliphatic carbocycles. The standard InChI is InChI=1S/C17H15Cl2N5S/c1-11-4-2-3-5-15(11)21-17(25)22-16-20-10-24(23-16)9-12-6-7-13(18)14(19)8-12/h2-8,10H,9H2,1H3,(H2,21,22,23,25). The molecule has 0 aliphatic rings. The Morgan fingerprint density at radius 1 is 1.12 bits per heavy atom. The molecule has 5 nitrogen and oxygen atoms in total. The Morgan fingerprint density at radius 2 is 1.92 bits per heavy atom. The molecule has 128 valence electrons. The van der Waals surface area contributed by atoms with Gasteiger partial charge < -0.3 is 5.32 Å². The Morgan fingerprint density at radius 3 is 2.68 bits per heavy atom. The molecule has 0 spiro atoms. The van der Waals surface area contributed by atoms with E-state index in [9.17, 15) is 0 Å². The zero-order valence-corrected chi connectivity index (χ0v) is 15.7. The van der Waals surface area contributed by atoms with E-state index in [-0.39, 0.29) is 0 Å². The van der Waals surface area contributed by atoms with E-state index < -0.39 is 0 Å².